The first-order chi connectivity index (χ1) is 15.2. The number of benzene rings is 3. The Bertz CT molecular complexity index is 1150. The van der Waals surface area contributed by atoms with Crippen molar-refractivity contribution < 1.29 is 9.90 Å². The number of anilines is 1. The second kappa shape index (κ2) is 11.3. The van der Waals surface area contributed by atoms with Gasteiger partial charge in [0.25, 0.3) is 0 Å². The molecule has 0 bridgehead atoms. The average molecular weight is 448 g/mol. The largest absolute Gasteiger partial charge is 0.389 e. The molecule has 4 aromatic rings. The molecule has 0 aliphatic rings. The topological polar surface area (TPSA) is 74.2 Å². The molecule has 32 heavy (non-hydrogen) atoms. The number of hydrogen-bond donors (Lipinski definition) is 3. The fourth-order valence-corrected chi connectivity index (χ4v) is 3.45. The Morgan fingerprint density at radius 2 is 1.53 bits per heavy atom. The van der Waals surface area contributed by atoms with E-state index >= 15 is 0 Å². The van der Waals surface area contributed by atoms with Crippen LogP contribution in [0.5, 0.6) is 0 Å². The third kappa shape index (κ3) is 6.06. The highest BCUT2D eigenvalue weighted by Crippen LogP contribution is 2.28. The number of aliphatic hydroxyl groups is 1. The fraction of sp³-hybridized carbons (Fsp3) is 0.154. The molecule has 1 amide bonds. The SMILES string of the molecule is Cl.O=C(Cc1ccccc1)NCC(O)CNc1cc(-c2ccccc2)nc2ccccc12. The van der Waals surface area contributed by atoms with Gasteiger partial charge < -0.3 is 15.7 Å². The maximum atomic E-state index is 12.1. The van der Waals surface area contributed by atoms with Crippen LogP contribution < -0.4 is 10.6 Å². The van der Waals surface area contributed by atoms with Crippen molar-refractivity contribution in [1.29, 1.82) is 0 Å². The number of para-hydroxylation sites is 1. The predicted octanol–water partition coefficient (Wildman–Crippen LogP) is 4.46. The normalized spacial score (nSPS) is 11.4. The molecule has 3 aromatic carbocycles. The minimum atomic E-state index is -0.716. The summed E-state index contributed by atoms with van der Waals surface area (Å²) in [5, 5.41) is 17.5. The first-order valence-electron chi connectivity index (χ1n) is 10.4. The molecule has 0 aliphatic carbocycles. The third-order valence-electron chi connectivity index (χ3n) is 5.06. The van der Waals surface area contributed by atoms with Gasteiger partial charge in [-0.25, -0.2) is 4.98 Å². The van der Waals surface area contributed by atoms with Crippen LogP contribution in [0.3, 0.4) is 0 Å². The summed E-state index contributed by atoms with van der Waals surface area (Å²) in [5.41, 5.74) is 4.64. The monoisotopic (exact) mass is 447 g/mol. The summed E-state index contributed by atoms with van der Waals surface area (Å²) in [6.07, 6.45) is -0.414. The molecule has 4 rings (SSSR count). The fourth-order valence-electron chi connectivity index (χ4n) is 3.45. The number of carbonyl (C=O) groups excluding carboxylic acids is 1. The molecule has 0 radical (unpaired) electrons. The molecule has 1 aromatic heterocycles. The van der Waals surface area contributed by atoms with E-state index in [4.69, 9.17) is 4.98 Å². The summed E-state index contributed by atoms with van der Waals surface area (Å²) >= 11 is 0. The number of nitrogens with zero attached hydrogens (tertiary/aromatic N) is 1. The van der Waals surface area contributed by atoms with Gasteiger partial charge in [0.1, 0.15) is 0 Å². The summed E-state index contributed by atoms with van der Waals surface area (Å²) < 4.78 is 0. The lowest BCUT2D eigenvalue weighted by atomic mass is 10.1. The maximum Gasteiger partial charge on any atom is 0.224 e. The Kier molecular flexibility index (Phi) is 8.20. The molecule has 164 valence electrons. The molecule has 0 spiro atoms. The smallest absolute Gasteiger partial charge is 0.224 e. The molecule has 0 aliphatic heterocycles. The average Bonchev–Trinajstić information content (AvgIpc) is 2.82. The first-order valence-corrected chi connectivity index (χ1v) is 10.4. The lowest BCUT2D eigenvalue weighted by molar-refractivity contribution is -0.120. The van der Waals surface area contributed by atoms with E-state index in [0.717, 1.165) is 33.4 Å². The molecule has 1 atom stereocenters. The van der Waals surface area contributed by atoms with Gasteiger partial charge in [0, 0.05) is 29.7 Å². The van der Waals surface area contributed by atoms with Crippen molar-refractivity contribution in [2.45, 2.75) is 12.5 Å². The molecular weight excluding hydrogens is 422 g/mol. The number of pyridine rings is 1. The molecule has 5 nitrogen and oxygen atoms in total. The zero-order valence-electron chi connectivity index (χ0n) is 17.6. The molecule has 6 heteroatoms. The Hall–Kier alpha value is -3.41. The van der Waals surface area contributed by atoms with Gasteiger partial charge in [-0.15, -0.1) is 12.4 Å². The van der Waals surface area contributed by atoms with Gasteiger partial charge in [0.2, 0.25) is 5.91 Å². The van der Waals surface area contributed by atoms with Crippen LogP contribution in [0.2, 0.25) is 0 Å². The summed E-state index contributed by atoms with van der Waals surface area (Å²) in [4.78, 5) is 16.9. The lowest BCUT2D eigenvalue weighted by Crippen LogP contribution is -2.36. The van der Waals surface area contributed by atoms with Crippen molar-refractivity contribution in [3.05, 3.63) is 96.6 Å². The van der Waals surface area contributed by atoms with Crippen LogP contribution in [0.4, 0.5) is 5.69 Å². The highest BCUT2D eigenvalue weighted by molar-refractivity contribution is 5.93. The number of aliphatic hydroxyl groups excluding tert-OH is 1. The van der Waals surface area contributed by atoms with E-state index < -0.39 is 6.10 Å². The number of hydrogen-bond acceptors (Lipinski definition) is 4. The van der Waals surface area contributed by atoms with Crippen LogP contribution in [-0.4, -0.2) is 35.2 Å². The van der Waals surface area contributed by atoms with Crippen molar-refractivity contribution >= 4 is 34.9 Å². The quantitative estimate of drug-likeness (QED) is 0.373. The van der Waals surface area contributed by atoms with Crippen LogP contribution in [0, 0.1) is 0 Å². The first kappa shape index (κ1) is 23.3. The van der Waals surface area contributed by atoms with Gasteiger partial charge in [0.15, 0.2) is 0 Å². The second-order valence-electron chi connectivity index (χ2n) is 7.44. The van der Waals surface area contributed by atoms with E-state index in [1.807, 2.05) is 91.0 Å². The van der Waals surface area contributed by atoms with Gasteiger partial charge in [-0.1, -0.05) is 78.9 Å². The van der Waals surface area contributed by atoms with E-state index in [9.17, 15) is 9.90 Å². The molecule has 0 saturated heterocycles. The van der Waals surface area contributed by atoms with E-state index in [-0.39, 0.29) is 24.9 Å². The number of aromatic nitrogens is 1. The Balaban J connectivity index is 0.00000289. The predicted molar refractivity (Wildman–Crippen MR) is 132 cm³/mol. The standard InChI is InChI=1S/C26H25N3O2.ClH/c30-21(18-28-26(31)15-19-9-3-1-4-10-19)17-27-25-16-24(20-11-5-2-6-12-20)29-23-14-8-7-13-22(23)25;/h1-14,16,21,30H,15,17-18H2,(H,27,29)(H,28,31);1H. The van der Waals surface area contributed by atoms with E-state index in [1.54, 1.807) is 0 Å². The van der Waals surface area contributed by atoms with E-state index in [2.05, 4.69) is 10.6 Å². The van der Waals surface area contributed by atoms with Crippen LogP contribution in [0.25, 0.3) is 22.2 Å². The van der Waals surface area contributed by atoms with Crippen LogP contribution in [0.1, 0.15) is 5.56 Å². The highest BCUT2D eigenvalue weighted by atomic mass is 35.5. The molecular formula is C26H26ClN3O2. The van der Waals surface area contributed by atoms with Crippen LogP contribution >= 0.6 is 12.4 Å². The Morgan fingerprint density at radius 1 is 0.875 bits per heavy atom. The van der Waals surface area contributed by atoms with E-state index in [1.165, 1.54) is 0 Å². The van der Waals surface area contributed by atoms with E-state index in [0.29, 0.717) is 13.0 Å². The molecule has 0 saturated carbocycles. The van der Waals surface area contributed by atoms with Crippen molar-refractivity contribution in [2.24, 2.45) is 0 Å². The number of carbonyl (C=O) groups is 1. The summed E-state index contributed by atoms with van der Waals surface area (Å²) in [7, 11) is 0. The van der Waals surface area contributed by atoms with Gasteiger partial charge >= 0.3 is 0 Å². The van der Waals surface area contributed by atoms with Gasteiger partial charge in [-0.3, -0.25) is 4.79 Å². The molecule has 1 heterocycles. The van der Waals surface area contributed by atoms with Gasteiger partial charge in [0.05, 0.1) is 23.7 Å². The molecule has 0 fully saturated rings. The highest BCUT2D eigenvalue weighted by Gasteiger charge is 2.11. The zero-order valence-corrected chi connectivity index (χ0v) is 18.4. The van der Waals surface area contributed by atoms with Gasteiger partial charge in [-0.2, -0.15) is 0 Å². The number of amides is 1. The van der Waals surface area contributed by atoms with Crippen LogP contribution in [-0.2, 0) is 11.2 Å². The summed E-state index contributed by atoms with van der Waals surface area (Å²) in [6.45, 7) is 0.501. The lowest BCUT2D eigenvalue weighted by Gasteiger charge is -2.16. The van der Waals surface area contributed by atoms with Crippen molar-refractivity contribution in [3.63, 3.8) is 0 Å². The maximum absolute atomic E-state index is 12.1. The minimum Gasteiger partial charge on any atom is -0.389 e. The molecule has 1 unspecified atom stereocenters. The zero-order chi connectivity index (χ0) is 21.5. The number of rotatable bonds is 8. The van der Waals surface area contributed by atoms with Crippen molar-refractivity contribution in [3.8, 4) is 11.3 Å². The minimum absolute atomic E-state index is 0. The van der Waals surface area contributed by atoms with Crippen molar-refractivity contribution in [2.75, 3.05) is 18.4 Å². The van der Waals surface area contributed by atoms with Crippen molar-refractivity contribution in [1.82, 2.24) is 10.3 Å². The number of nitrogens with one attached hydrogen (secondary N) is 2. The summed E-state index contributed by atoms with van der Waals surface area (Å²) in [6, 6.07) is 29.5. The Labute approximate surface area is 193 Å². The number of halogens is 1. The van der Waals surface area contributed by atoms with Crippen LogP contribution in [0.15, 0.2) is 91.0 Å². The van der Waals surface area contributed by atoms with Gasteiger partial charge in [-0.05, 0) is 17.7 Å². The third-order valence-corrected chi connectivity index (χ3v) is 5.06. The second-order valence-corrected chi connectivity index (χ2v) is 7.44. The Morgan fingerprint density at radius 3 is 2.28 bits per heavy atom. The number of fused-ring (bicyclic) bond motifs is 1. The molecule has 3 N–H and O–H groups in total. The summed E-state index contributed by atoms with van der Waals surface area (Å²) in [5.74, 6) is -0.106.